The van der Waals surface area contributed by atoms with Crippen LogP contribution in [-0.4, -0.2) is 33.7 Å². The molecule has 0 aliphatic heterocycles. The predicted octanol–water partition coefficient (Wildman–Crippen LogP) is 0.909. The molecular formula is C10H15N3OS. The molecule has 0 aliphatic carbocycles. The highest BCUT2D eigenvalue weighted by atomic mass is 32.1. The van der Waals surface area contributed by atoms with Gasteiger partial charge >= 0.3 is 0 Å². The molecule has 4 nitrogen and oxygen atoms in total. The Balaban J connectivity index is 2.15. The Hall–Kier alpha value is -0.910. The SMILES string of the molecule is CNCC(C)(O)Cc1cn2ccsc2n1. The van der Waals surface area contributed by atoms with E-state index in [9.17, 15) is 5.11 Å². The van der Waals surface area contributed by atoms with E-state index in [1.54, 1.807) is 11.3 Å². The molecule has 0 spiro atoms. The van der Waals surface area contributed by atoms with Crippen molar-refractivity contribution in [3.63, 3.8) is 0 Å². The number of fused-ring (bicyclic) bond motifs is 1. The van der Waals surface area contributed by atoms with Crippen LogP contribution in [0.5, 0.6) is 0 Å². The number of thiazole rings is 1. The highest BCUT2D eigenvalue weighted by Gasteiger charge is 2.21. The quantitative estimate of drug-likeness (QED) is 0.813. The van der Waals surface area contributed by atoms with E-state index < -0.39 is 5.60 Å². The molecule has 82 valence electrons. The van der Waals surface area contributed by atoms with Gasteiger partial charge in [0.1, 0.15) is 0 Å². The lowest BCUT2D eigenvalue weighted by Gasteiger charge is -2.21. The molecule has 2 heterocycles. The molecule has 0 aliphatic rings. The normalized spacial score (nSPS) is 15.7. The van der Waals surface area contributed by atoms with Gasteiger partial charge in [0.25, 0.3) is 0 Å². The molecule has 0 saturated carbocycles. The molecule has 2 rings (SSSR count). The summed E-state index contributed by atoms with van der Waals surface area (Å²) in [6.45, 7) is 2.38. The Morgan fingerprint density at radius 3 is 3.13 bits per heavy atom. The van der Waals surface area contributed by atoms with Gasteiger partial charge in [0.05, 0.1) is 11.3 Å². The molecular weight excluding hydrogens is 210 g/mol. The van der Waals surface area contributed by atoms with Crippen molar-refractivity contribution in [3.8, 4) is 0 Å². The molecule has 2 aromatic heterocycles. The van der Waals surface area contributed by atoms with Gasteiger partial charge in [-0.15, -0.1) is 11.3 Å². The first-order chi connectivity index (χ1) is 7.11. The zero-order valence-corrected chi connectivity index (χ0v) is 9.71. The van der Waals surface area contributed by atoms with Crippen molar-refractivity contribution >= 4 is 16.3 Å². The van der Waals surface area contributed by atoms with Gasteiger partial charge in [-0.05, 0) is 14.0 Å². The van der Waals surface area contributed by atoms with Gasteiger partial charge in [-0.3, -0.25) is 4.40 Å². The van der Waals surface area contributed by atoms with Crippen molar-refractivity contribution in [1.29, 1.82) is 0 Å². The average Bonchev–Trinajstić information content (AvgIpc) is 2.61. The number of aliphatic hydroxyl groups is 1. The van der Waals surface area contributed by atoms with Crippen molar-refractivity contribution in [2.75, 3.05) is 13.6 Å². The number of nitrogens with one attached hydrogen (secondary N) is 1. The van der Waals surface area contributed by atoms with Crippen LogP contribution >= 0.6 is 11.3 Å². The largest absolute Gasteiger partial charge is 0.388 e. The zero-order chi connectivity index (χ0) is 10.9. The first kappa shape index (κ1) is 10.6. The summed E-state index contributed by atoms with van der Waals surface area (Å²) in [6, 6.07) is 0. The first-order valence-electron chi connectivity index (χ1n) is 4.89. The van der Waals surface area contributed by atoms with Crippen molar-refractivity contribution in [2.24, 2.45) is 0 Å². The van der Waals surface area contributed by atoms with E-state index in [1.165, 1.54) is 0 Å². The van der Waals surface area contributed by atoms with E-state index in [1.807, 2.05) is 36.1 Å². The minimum atomic E-state index is -0.737. The third-order valence-electron chi connectivity index (χ3n) is 2.26. The molecule has 15 heavy (non-hydrogen) atoms. The van der Waals surface area contributed by atoms with Crippen LogP contribution in [0.1, 0.15) is 12.6 Å². The van der Waals surface area contributed by atoms with Crippen molar-refractivity contribution < 1.29 is 5.11 Å². The van der Waals surface area contributed by atoms with E-state index in [2.05, 4.69) is 10.3 Å². The van der Waals surface area contributed by atoms with Crippen LogP contribution in [0.15, 0.2) is 17.8 Å². The summed E-state index contributed by atoms with van der Waals surface area (Å²) in [7, 11) is 1.83. The number of hydrogen-bond donors (Lipinski definition) is 2. The van der Waals surface area contributed by atoms with Crippen LogP contribution in [-0.2, 0) is 6.42 Å². The highest BCUT2D eigenvalue weighted by Crippen LogP contribution is 2.15. The summed E-state index contributed by atoms with van der Waals surface area (Å²) in [5.74, 6) is 0. The highest BCUT2D eigenvalue weighted by molar-refractivity contribution is 7.15. The fraction of sp³-hybridized carbons (Fsp3) is 0.500. The fourth-order valence-electron chi connectivity index (χ4n) is 1.69. The van der Waals surface area contributed by atoms with Crippen LogP contribution in [0.25, 0.3) is 4.96 Å². The Bertz CT molecular complexity index is 418. The number of aromatic nitrogens is 2. The first-order valence-corrected chi connectivity index (χ1v) is 5.77. The molecule has 5 heteroatoms. The lowest BCUT2D eigenvalue weighted by Crippen LogP contribution is -2.38. The predicted molar refractivity (Wildman–Crippen MR) is 61.3 cm³/mol. The molecule has 0 fully saturated rings. The third-order valence-corrected chi connectivity index (χ3v) is 3.03. The van der Waals surface area contributed by atoms with Crippen LogP contribution in [0.4, 0.5) is 0 Å². The second-order valence-electron chi connectivity index (χ2n) is 4.03. The Morgan fingerprint density at radius 1 is 1.67 bits per heavy atom. The van der Waals surface area contributed by atoms with Gasteiger partial charge in [-0.2, -0.15) is 0 Å². The Labute approximate surface area is 92.6 Å². The molecule has 1 unspecified atom stereocenters. The van der Waals surface area contributed by atoms with Crippen molar-refractivity contribution in [2.45, 2.75) is 18.9 Å². The zero-order valence-electron chi connectivity index (χ0n) is 8.90. The fourth-order valence-corrected chi connectivity index (χ4v) is 2.41. The minimum absolute atomic E-state index is 0.568. The maximum absolute atomic E-state index is 10.0. The summed E-state index contributed by atoms with van der Waals surface area (Å²) < 4.78 is 1.98. The van der Waals surface area contributed by atoms with E-state index in [4.69, 9.17) is 0 Å². The van der Waals surface area contributed by atoms with Gasteiger partial charge < -0.3 is 10.4 Å². The maximum atomic E-state index is 10.0. The molecule has 0 saturated heterocycles. The molecule has 0 radical (unpaired) electrons. The van der Waals surface area contributed by atoms with Gasteiger partial charge in [0, 0.05) is 30.7 Å². The molecule has 2 N–H and O–H groups in total. The summed E-state index contributed by atoms with van der Waals surface area (Å²) in [4.78, 5) is 5.41. The summed E-state index contributed by atoms with van der Waals surface area (Å²) >= 11 is 1.60. The summed E-state index contributed by atoms with van der Waals surface area (Å²) in [5, 5.41) is 15.0. The third kappa shape index (κ3) is 2.37. The lowest BCUT2D eigenvalue weighted by atomic mass is 10.0. The van der Waals surface area contributed by atoms with E-state index >= 15 is 0 Å². The topological polar surface area (TPSA) is 49.6 Å². The van der Waals surface area contributed by atoms with Crippen LogP contribution in [0.2, 0.25) is 0 Å². The standard InChI is InChI=1S/C10H15N3OS/c1-10(14,7-11-2)5-8-6-13-3-4-15-9(13)12-8/h3-4,6,11,14H,5,7H2,1-2H3. The second-order valence-corrected chi connectivity index (χ2v) is 4.90. The maximum Gasteiger partial charge on any atom is 0.193 e. The van der Waals surface area contributed by atoms with E-state index in [-0.39, 0.29) is 0 Å². The Morgan fingerprint density at radius 2 is 2.47 bits per heavy atom. The van der Waals surface area contributed by atoms with E-state index in [0.717, 1.165) is 10.7 Å². The summed E-state index contributed by atoms with van der Waals surface area (Å²) in [5.41, 5.74) is 0.195. The van der Waals surface area contributed by atoms with Gasteiger partial charge in [0.15, 0.2) is 4.96 Å². The summed E-state index contributed by atoms with van der Waals surface area (Å²) in [6.07, 6.45) is 4.52. The van der Waals surface area contributed by atoms with Gasteiger partial charge in [0.2, 0.25) is 0 Å². The van der Waals surface area contributed by atoms with Gasteiger partial charge in [-0.1, -0.05) is 0 Å². The van der Waals surface area contributed by atoms with Crippen molar-refractivity contribution in [1.82, 2.24) is 14.7 Å². The molecule has 0 amide bonds. The number of imidazole rings is 1. The van der Waals surface area contributed by atoms with Crippen molar-refractivity contribution in [3.05, 3.63) is 23.5 Å². The lowest BCUT2D eigenvalue weighted by molar-refractivity contribution is 0.0614. The number of rotatable bonds is 4. The number of hydrogen-bond acceptors (Lipinski definition) is 4. The van der Waals surface area contributed by atoms with Crippen LogP contribution in [0.3, 0.4) is 0 Å². The monoisotopic (exact) mass is 225 g/mol. The smallest absolute Gasteiger partial charge is 0.193 e. The Kier molecular flexibility index (Phi) is 2.77. The minimum Gasteiger partial charge on any atom is -0.388 e. The molecule has 1 atom stereocenters. The molecule has 0 bridgehead atoms. The second kappa shape index (κ2) is 3.92. The van der Waals surface area contributed by atoms with Crippen LogP contribution < -0.4 is 5.32 Å². The van der Waals surface area contributed by atoms with E-state index in [0.29, 0.717) is 13.0 Å². The number of nitrogens with zero attached hydrogens (tertiary/aromatic N) is 2. The average molecular weight is 225 g/mol. The number of likely N-dealkylation sites (N-methyl/N-ethyl adjacent to an activating group) is 1. The van der Waals surface area contributed by atoms with Crippen LogP contribution in [0, 0.1) is 0 Å². The van der Waals surface area contributed by atoms with Gasteiger partial charge in [-0.25, -0.2) is 4.98 Å². The molecule has 2 aromatic rings. The molecule has 0 aromatic carbocycles.